The van der Waals surface area contributed by atoms with Crippen LogP contribution in [0.4, 0.5) is 0 Å². The molecule has 0 fully saturated rings. The van der Waals surface area contributed by atoms with Crippen LogP contribution < -0.4 is 5.32 Å². The Labute approximate surface area is 111 Å². The van der Waals surface area contributed by atoms with Gasteiger partial charge in [0.2, 0.25) is 0 Å². The van der Waals surface area contributed by atoms with Crippen molar-refractivity contribution in [2.24, 2.45) is 0 Å². The van der Waals surface area contributed by atoms with Crippen LogP contribution in [0.2, 0.25) is 5.02 Å². The number of nitrogens with one attached hydrogen (secondary N) is 1. The highest BCUT2D eigenvalue weighted by Crippen LogP contribution is 2.29. The Morgan fingerprint density at radius 2 is 2.31 bits per heavy atom. The van der Waals surface area contributed by atoms with Crippen LogP contribution in [-0.4, -0.2) is 6.54 Å². The van der Waals surface area contributed by atoms with E-state index >= 15 is 0 Å². The zero-order valence-corrected chi connectivity index (χ0v) is 11.8. The van der Waals surface area contributed by atoms with Crippen LogP contribution in [0.15, 0.2) is 35.3 Å². The smallest absolute Gasteiger partial charge is 0.0410 e. The lowest BCUT2D eigenvalue weighted by Crippen LogP contribution is -2.21. The number of rotatable bonds is 6. The molecule has 0 heterocycles. The number of halogens is 2. The highest BCUT2D eigenvalue weighted by Gasteiger charge is 2.12. The number of allylic oxidation sites excluding steroid dienone is 1. The summed E-state index contributed by atoms with van der Waals surface area (Å²) in [5, 5.41) is 4.24. The molecule has 0 aliphatic rings. The normalized spacial score (nSPS) is 12.4. The highest BCUT2D eigenvalue weighted by molar-refractivity contribution is 9.10. The Bertz CT molecular complexity index is 352. The first-order valence-corrected chi connectivity index (χ1v) is 6.65. The van der Waals surface area contributed by atoms with Crippen molar-refractivity contribution in [3.8, 4) is 0 Å². The highest BCUT2D eigenvalue weighted by atomic mass is 79.9. The molecule has 0 aliphatic carbocycles. The van der Waals surface area contributed by atoms with E-state index in [9.17, 15) is 0 Å². The first-order valence-electron chi connectivity index (χ1n) is 5.48. The van der Waals surface area contributed by atoms with Gasteiger partial charge in [0.25, 0.3) is 0 Å². The van der Waals surface area contributed by atoms with Crippen molar-refractivity contribution < 1.29 is 0 Å². The van der Waals surface area contributed by atoms with Crippen LogP contribution in [0.5, 0.6) is 0 Å². The molecule has 0 aliphatic heterocycles. The maximum absolute atomic E-state index is 6.03. The van der Waals surface area contributed by atoms with Crippen molar-refractivity contribution in [1.82, 2.24) is 5.32 Å². The van der Waals surface area contributed by atoms with E-state index in [4.69, 9.17) is 11.6 Å². The molecule has 1 aromatic rings. The Hall–Kier alpha value is -0.310. The summed E-state index contributed by atoms with van der Waals surface area (Å²) in [6.45, 7) is 6.82. The number of benzene rings is 1. The second-order valence-electron chi connectivity index (χ2n) is 3.64. The third-order valence-corrected chi connectivity index (χ3v) is 3.40. The van der Waals surface area contributed by atoms with Crippen molar-refractivity contribution in [2.75, 3.05) is 6.54 Å². The molecule has 3 heteroatoms. The molecule has 1 rings (SSSR count). The predicted octanol–water partition coefficient (Wildman–Crippen LogP) is 4.72. The first kappa shape index (κ1) is 13.8. The van der Waals surface area contributed by atoms with Gasteiger partial charge in [-0.25, -0.2) is 0 Å². The van der Waals surface area contributed by atoms with Crippen molar-refractivity contribution in [3.63, 3.8) is 0 Å². The average molecular weight is 303 g/mol. The first-order chi connectivity index (χ1) is 7.69. The minimum absolute atomic E-state index is 0.330. The van der Waals surface area contributed by atoms with E-state index in [-0.39, 0.29) is 0 Å². The lowest BCUT2D eigenvalue weighted by atomic mass is 10.0. The topological polar surface area (TPSA) is 12.0 Å². The molecular weight excluding hydrogens is 286 g/mol. The van der Waals surface area contributed by atoms with Gasteiger partial charge in [-0.05, 0) is 43.1 Å². The van der Waals surface area contributed by atoms with Crippen molar-refractivity contribution in [1.29, 1.82) is 0 Å². The molecule has 0 bridgehead atoms. The summed E-state index contributed by atoms with van der Waals surface area (Å²) in [5.74, 6) is 0. The van der Waals surface area contributed by atoms with Crippen LogP contribution >= 0.6 is 27.5 Å². The van der Waals surface area contributed by atoms with Gasteiger partial charge in [-0.3, -0.25) is 0 Å². The zero-order valence-electron chi connectivity index (χ0n) is 9.47. The summed E-state index contributed by atoms with van der Waals surface area (Å²) in [5.41, 5.74) is 1.22. The number of hydrogen-bond acceptors (Lipinski definition) is 1. The van der Waals surface area contributed by atoms with E-state index in [0.29, 0.717) is 6.04 Å². The molecule has 0 amide bonds. The lowest BCUT2D eigenvalue weighted by molar-refractivity contribution is 0.518. The van der Waals surface area contributed by atoms with Crippen LogP contribution in [0.1, 0.15) is 31.4 Å². The van der Waals surface area contributed by atoms with Crippen molar-refractivity contribution >= 4 is 27.5 Å². The third kappa shape index (κ3) is 3.93. The van der Waals surface area contributed by atoms with E-state index in [0.717, 1.165) is 28.9 Å². The van der Waals surface area contributed by atoms with E-state index in [1.54, 1.807) is 0 Å². The molecule has 0 saturated heterocycles. The summed E-state index contributed by atoms with van der Waals surface area (Å²) < 4.78 is 1.10. The van der Waals surface area contributed by atoms with E-state index in [1.807, 2.05) is 24.3 Å². The van der Waals surface area contributed by atoms with E-state index < -0.39 is 0 Å². The molecule has 0 saturated carbocycles. The molecule has 1 aromatic carbocycles. The number of hydrogen-bond donors (Lipinski definition) is 1. The fourth-order valence-electron chi connectivity index (χ4n) is 1.68. The fraction of sp³-hybridized carbons (Fsp3) is 0.385. The van der Waals surface area contributed by atoms with Gasteiger partial charge in [-0.15, -0.1) is 6.58 Å². The van der Waals surface area contributed by atoms with Gasteiger partial charge in [-0.1, -0.05) is 40.5 Å². The molecule has 1 unspecified atom stereocenters. The summed E-state index contributed by atoms with van der Waals surface area (Å²) in [4.78, 5) is 0. The van der Waals surface area contributed by atoms with Crippen molar-refractivity contribution in [2.45, 2.75) is 25.8 Å². The minimum Gasteiger partial charge on any atom is -0.310 e. The largest absolute Gasteiger partial charge is 0.310 e. The van der Waals surface area contributed by atoms with Crippen molar-refractivity contribution in [3.05, 3.63) is 45.9 Å². The van der Waals surface area contributed by atoms with Gasteiger partial charge in [0.05, 0.1) is 0 Å². The van der Waals surface area contributed by atoms with Crippen LogP contribution in [-0.2, 0) is 0 Å². The third-order valence-electron chi connectivity index (χ3n) is 2.44. The SMILES string of the molecule is C=CCCC(NCC)c1cc(Cl)ccc1Br. The fourth-order valence-corrected chi connectivity index (χ4v) is 2.38. The van der Waals surface area contributed by atoms with Gasteiger partial charge in [0.1, 0.15) is 0 Å². The van der Waals surface area contributed by atoms with E-state index in [2.05, 4.69) is 34.7 Å². The summed E-state index contributed by atoms with van der Waals surface area (Å²) in [6.07, 6.45) is 3.98. The quantitative estimate of drug-likeness (QED) is 0.750. The Kier molecular flexibility index (Phi) is 6.10. The molecular formula is C13H17BrClN. The predicted molar refractivity (Wildman–Crippen MR) is 75.0 cm³/mol. The average Bonchev–Trinajstić information content (AvgIpc) is 2.28. The molecule has 1 nitrogen and oxygen atoms in total. The second-order valence-corrected chi connectivity index (χ2v) is 4.93. The molecule has 0 radical (unpaired) electrons. The van der Waals surface area contributed by atoms with E-state index in [1.165, 1.54) is 5.56 Å². The van der Waals surface area contributed by atoms with Gasteiger partial charge < -0.3 is 5.32 Å². The molecule has 0 aromatic heterocycles. The maximum atomic E-state index is 6.03. The van der Waals surface area contributed by atoms with Crippen LogP contribution in [0.25, 0.3) is 0 Å². The minimum atomic E-state index is 0.330. The van der Waals surface area contributed by atoms with Crippen LogP contribution in [0.3, 0.4) is 0 Å². The summed E-state index contributed by atoms with van der Waals surface area (Å²) in [6, 6.07) is 6.24. The molecule has 88 valence electrons. The Morgan fingerprint density at radius 1 is 1.56 bits per heavy atom. The summed E-state index contributed by atoms with van der Waals surface area (Å²) >= 11 is 9.59. The Balaban J connectivity index is 2.89. The molecule has 1 atom stereocenters. The molecule has 16 heavy (non-hydrogen) atoms. The monoisotopic (exact) mass is 301 g/mol. The van der Waals surface area contributed by atoms with Gasteiger partial charge in [0.15, 0.2) is 0 Å². The standard InChI is InChI=1S/C13H17BrClN/c1-3-5-6-13(16-4-2)11-9-10(15)7-8-12(11)14/h3,7-9,13,16H,1,4-6H2,2H3. The van der Waals surface area contributed by atoms with Gasteiger partial charge in [0, 0.05) is 15.5 Å². The summed E-state index contributed by atoms with van der Waals surface area (Å²) in [7, 11) is 0. The Morgan fingerprint density at radius 3 is 2.94 bits per heavy atom. The second kappa shape index (κ2) is 7.10. The van der Waals surface area contributed by atoms with Gasteiger partial charge >= 0.3 is 0 Å². The maximum Gasteiger partial charge on any atom is 0.0410 e. The molecule has 1 N–H and O–H groups in total. The zero-order chi connectivity index (χ0) is 12.0. The van der Waals surface area contributed by atoms with Crippen LogP contribution in [0, 0.1) is 0 Å². The lowest BCUT2D eigenvalue weighted by Gasteiger charge is -2.19. The molecule has 0 spiro atoms. The van der Waals surface area contributed by atoms with Gasteiger partial charge in [-0.2, -0.15) is 0 Å².